The molecule has 0 bridgehead atoms. The highest BCUT2D eigenvalue weighted by atomic mass is 16.9. The molecule has 1 aromatic rings. The van der Waals surface area contributed by atoms with E-state index in [0.29, 0.717) is 11.3 Å². The van der Waals surface area contributed by atoms with Crippen LogP contribution in [0.1, 0.15) is 33.3 Å². The maximum Gasteiger partial charge on any atom is 0.290 e. The van der Waals surface area contributed by atoms with Crippen LogP contribution in [-0.4, -0.2) is 53.3 Å². The van der Waals surface area contributed by atoms with E-state index in [1.54, 1.807) is 45.9 Å². The molecule has 6 atom stereocenters. The number of para-hydroxylation sites is 1. The number of nitro groups is 1. The van der Waals surface area contributed by atoms with Gasteiger partial charge in [0.1, 0.15) is 30.2 Å². The molecule has 0 aromatic heterocycles. The number of benzene rings is 1. The topological polar surface area (TPSA) is 98.5 Å². The number of hydrogen-bond acceptors (Lipinski definition) is 8. The molecule has 3 fully saturated rings. The number of rotatable bonds is 2. The van der Waals surface area contributed by atoms with Crippen LogP contribution in [0.15, 0.2) is 30.0 Å². The number of nitrogens with zero attached hydrogens (tertiary/aromatic N) is 1. The Hall–Kier alpha value is -2.04. The fraction of sp³-hybridized carbons (Fsp3) is 0.600. The summed E-state index contributed by atoms with van der Waals surface area (Å²) < 4.78 is 36.3. The largest absolute Gasteiger partial charge is 0.476 e. The summed E-state index contributed by atoms with van der Waals surface area (Å²) in [5.41, 5.74) is 0.545. The first-order valence-corrected chi connectivity index (χ1v) is 9.62. The minimum Gasteiger partial charge on any atom is -0.476 e. The average Bonchev–Trinajstić information content (AvgIpc) is 3.13. The van der Waals surface area contributed by atoms with Gasteiger partial charge in [-0.15, -0.1) is 0 Å². The number of fused-ring (bicyclic) bond motifs is 4. The Morgan fingerprint density at radius 2 is 1.52 bits per heavy atom. The molecular weight excluding hydrogens is 382 g/mol. The van der Waals surface area contributed by atoms with E-state index in [1.807, 2.05) is 6.07 Å². The molecule has 5 rings (SSSR count). The van der Waals surface area contributed by atoms with E-state index in [2.05, 4.69) is 0 Å². The molecule has 4 aliphatic rings. The van der Waals surface area contributed by atoms with Crippen LogP contribution in [0.4, 0.5) is 0 Å². The van der Waals surface area contributed by atoms with E-state index >= 15 is 0 Å². The van der Waals surface area contributed by atoms with Gasteiger partial charge in [-0.05, 0) is 33.8 Å². The Morgan fingerprint density at radius 3 is 2.24 bits per heavy atom. The third kappa shape index (κ3) is 3.13. The predicted octanol–water partition coefficient (Wildman–Crippen LogP) is 2.46. The van der Waals surface area contributed by atoms with Crippen molar-refractivity contribution in [3.63, 3.8) is 0 Å². The van der Waals surface area contributed by atoms with E-state index in [-0.39, 0.29) is 5.70 Å². The second kappa shape index (κ2) is 6.23. The molecule has 0 aliphatic carbocycles. The van der Waals surface area contributed by atoms with Crippen LogP contribution in [-0.2, 0) is 23.7 Å². The molecule has 2 unspecified atom stereocenters. The number of hydrogen-bond donors (Lipinski definition) is 0. The molecule has 0 spiro atoms. The van der Waals surface area contributed by atoms with Crippen molar-refractivity contribution >= 4 is 6.08 Å². The lowest BCUT2D eigenvalue weighted by Crippen LogP contribution is -2.60. The van der Waals surface area contributed by atoms with Gasteiger partial charge in [0, 0.05) is 11.6 Å². The average molecular weight is 405 g/mol. The summed E-state index contributed by atoms with van der Waals surface area (Å²) in [6.45, 7) is 7.16. The lowest BCUT2D eigenvalue weighted by atomic mass is 9.92. The van der Waals surface area contributed by atoms with Crippen LogP contribution in [0.3, 0.4) is 0 Å². The SMILES string of the molecule is CC1(C)O[C@H]2OC(C3Oc4ccccc4C=C3[N+](=O)[O-])[C@@H]3OC(C)(C)O[C@@H]3[C@H]2O1. The van der Waals surface area contributed by atoms with Crippen molar-refractivity contribution in [2.45, 2.75) is 76.1 Å². The Kier molecular flexibility index (Phi) is 4.07. The summed E-state index contributed by atoms with van der Waals surface area (Å²) in [6.07, 6.45) is -2.67. The van der Waals surface area contributed by atoms with E-state index in [1.165, 1.54) is 6.08 Å². The molecule has 0 N–H and O–H groups in total. The van der Waals surface area contributed by atoms with Crippen LogP contribution in [0.25, 0.3) is 6.08 Å². The van der Waals surface area contributed by atoms with Gasteiger partial charge in [0.2, 0.25) is 6.10 Å². The van der Waals surface area contributed by atoms with Crippen LogP contribution < -0.4 is 4.74 Å². The zero-order valence-corrected chi connectivity index (χ0v) is 16.6. The maximum atomic E-state index is 11.8. The first kappa shape index (κ1) is 19.0. The predicted molar refractivity (Wildman–Crippen MR) is 98.4 cm³/mol. The molecule has 0 amide bonds. The van der Waals surface area contributed by atoms with Gasteiger partial charge in [0.15, 0.2) is 17.9 Å². The Labute approximate surface area is 167 Å². The Bertz CT molecular complexity index is 881. The zero-order valence-electron chi connectivity index (χ0n) is 16.6. The molecular formula is C20H23NO8. The molecule has 3 saturated heterocycles. The van der Waals surface area contributed by atoms with Crippen LogP contribution in [0.5, 0.6) is 5.75 Å². The summed E-state index contributed by atoms with van der Waals surface area (Å²) >= 11 is 0. The molecule has 0 saturated carbocycles. The van der Waals surface area contributed by atoms with Crippen molar-refractivity contribution in [3.05, 3.63) is 45.6 Å². The first-order valence-electron chi connectivity index (χ1n) is 9.62. The lowest BCUT2D eigenvalue weighted by Gasteiger charge is -2.40. The third-order valence-corrected chi connectivity index (χ3v) is 5.47. The second-order valence-electron chi connectivity index (χ2n) is 8.54. The highest BCUT2D eigenvalue weighted by Gasteiger charge is 2.63. The molecule has 29 heavy (non-hydrogen) atoms. The first-order chi connectivity index (χ1) is 13.6. The fourth-order valence-corrected chi connectivity index (χ4v) is 4.42. The van der Waals surface area contributed by atoms with Crippen molar-refractivity contribution in [3.8, 4) is 5.75 Å². The van der Waals surface area contributed by atoms with Gasteiger partial charge >= 0.3 is 0 Å². The van der Waals surface area contributed by atoms with Crippen LogP contribution in [0, 0.1) is 10.1 Å². The monoisotopic (exact) mass is 405 g/mol. The van der Waals surface area contributed by atoms with Crippen molar-refractivity contribution in [1.29, 1.82) is 0 Å². The summed E-state index contributed by atoms with van der Waals surface area (Å²) in [4.78, 5) is 11.4. The lowest BCUT2D eigenvalue weighted by molar-refractivity contribution is -0.438. The van der Waals surface area contributed by atoms with Gasteiger partial charge in [-0.1, -0.05) is 18.2 Å². The van der Waals surface area contributed by atoms with Crippen molar-refractivity contribution < 1.29 is 33.3 Å². The highest BCUT2D eigenvalue weighted by Crippen LogP contribution is 2.46. The third-order valence-electron chi connectivity index (χ3n) is 5.47. The summed E-state index contributed by atoms with van der Waals surface area (Å²) in [5.74, 6) is -1.22. The standard InChI is InChI=1S/C20H23NO8/c1-19(2)26-15-14(25-18-17(16(15)27-19)28-20(3,4)29-18)13-11(21(22)23)9-10-7-5-6-8-12(10)24-13/h5-9,13-18H,1-4H3/t13?,14?,15-,16-,17+,18+/m0/s1. The Morgan fingerprint density at radius 1 is 0.897 bits per heavy atom. The van der Waals surface area contributed by atoms with Crippen LogP contribution in [0.2, 0.25) is 0 Å². The minimum atomic E-state index is -0.988. The molecule has 156 valence electrons. The molecule has 1 aromatic carbocycles. The minimum absolute atomic E-state index is 0.0996. The summed E-state index contributed by atoms with van der Waals surface area (Å²) in [5, 5.41) is 11.8. The molecule has 9 nitrogen and oxygen atoms in total. The summed E-state index contributed by atoms with van der Waals surface area (Å²) in [7, 11) is 0. The van der Waals surface area contributed by atoms with Crippen molar-refractivity contribution in [1.82, 2.24) is 0 Å². The highest BCUT2D eigenvalue weighted by molar-refractivity contribution is 5.61. The van der Waals surface area contributed by atoms with Gasteiger partial charge in [0.05, 0.1) is 4.92 Å². The Balaban J connectivity index is 1.54. The zero-order chi connectivity index (χ0) is 20.6. The maximum absolute atomic E-state index is 11.8. The molecule has 4 heterocycles. The van der Waals surface area contributed by atoms with E-state index in [9.17, 15) is 10.1 Å². The van der Waals surface area contributed by atoms with Gasteiger partial charge in [0.25, 0.3) is 5.70 Å². The fourth-order valence-electron chi connectivity index (χ4n) is 4.42. The van der Waals surface area contributed by atoms with Gasteiger partial charge in [-0.2, -0.15) is 0 Å². The normalized spacial score (nSPS) is 39.0. The van der Waals surface area contributed by atoms with E-state index in [0.717, 1.165) is 0 Å². The van der Waals surface area contributed by atoms with E-state index in [4.69, 9.17) is 28.4 Å². The van der Waals surface area contributed by atoms with Gasteiger partial charge in [-0.25, -0.2) is 0 Å². The quantitative estimate of drug-likeness (QED) is 0.547. The van der Waals surface area contributed by atoms with Gasteiger partial charge in [-0.3, -0.25) is 10.1 Å². The number of ether oxygens (including phenoxy) is 6. The second-order valence-corrected chi connectivity index (χ2v) is 8.54. The van der Waals surface area contributed by atoms with Gasteiger partial charge < -0.3 is 28.4 Å². The van der Waals surface area contributed by atoms with Crippen molar-refractivity contribution in [2.75, 3.05) is 0 Å². The molecule has 4 aliphatic heterocycles. The summed E-state index contributed by atoms with van der Waals surface area (Å²) in [6, 6.07) is 7.16. The molecule has 0 radical (unpaired) electrons. The van der Waals surface area contributed by atoms with Crippen molar-refractivity contribution in [2.24, 2.45) is 0 Å². The van der Waals surface area contributed by atoms with E-state index < -0.39 is 53.3 Å². The molecule has 9 heteroatoms. The smallest absolute Gasteiger partial charge is 0.290 e. The van der Waals surface area contributed by atoms with Crippen LogP contribution >= 0.6 is 0 Å².